The zero-order chi connectivity index (χ0) is 18.9. The molecule has 28 heavy (non-hydrogen) atoms. The molecule has 0 atom stereocenters. The van der Waals surface area contributed by atoms with Gasteiger partial charge in [-0.2, -0.15) is 0 Å². The summed E-state index contributed by atoms with van der Waals surface area (Å²) in [4.78, 5) is 21.9. The molecule has 1 N–H and O–H groups in total. The first-order chi connectivity index (χ1) is 13.8. The number of benzene rings is 1. The summed E-state index contributed by atoms with van der Waals surface area (Å²) < 4.78 is 3.70. The van der Waals surface area contributed by atoms with Crippen molar-refractivity contribution in [3.05, 3.63) is 78.6 Å². The van der Waals surface area contributed by atoms with Crippen molar-refractivity contribution in [1.82, 2.24) is 29.1 Å². The number of imidazole rings is 2. The van der Waals surface area contributed by atoms with Gasteiger partial charge in [-0.25, -0.2) is 9.97 Å². The number of carbonyl (C=O) groups excluding carboxylic acids is 1. The van der Waals surface area contributed by atoms with E-state index >= 15 is 0 Å². The van der Waals surface area contributed by atoms with E-state index in [1.807, 2.05) is 46.4 Å². The van der Waals surface area contributed by atoms with Crippen LogP contribution in [-0.4, -0.2) is 35.0 Å². The predicted molar refractivity (Wildman–Crippen MR) is 106 cm³/mol. The molecule has 136 valence electrons. The monoisotopic (exact) mass is 387 g/mol. The lowest BCUT2D eigenvalue weighted by Crippen LogP contribution is -2.14. The van der Waals surface area contributed by atoms with E-state index in [9.17, 15) is 4.79 Å². The summed E-state index contributed by atoms with van der Waals surface area (Å²) in [6.45, 7) is 0. The maximum absolute atomic E-state index is 12.4. The van der Waals surface area contributed by atoms with Gasteiger partial charge in [-0.1, -0.05) is 12.1 Å². The van der Waals surface area contributed by atoms with Crippen LogP contribution in [0.2, 0.25) is 0 Å². The molecule has 0 radical (unpaired) electrons. The molecule has 5 aromatic rings. The van der Waals surface area contributed by atoms with E-state index in [2.05, 4.69) is 25.5 Å². The van der Waals surface area contributed by atoms with Crippen LogP contribution in [-0.2, 0) is 0 Å². The molecule has 0 aliphatic heterocycles. The molecule has 8 nitrogen and oxygen atoms in total. The van der Waals surface area contributed by atoms with Crippen molar-refractivity contribution in [3.8, 4) is 17.1 Å². The van der Waals surface area contributed by atoms with Crippen molar-refractivity contribution in [2.45, 2.75) is 0 Å². The molecule has 0 aliphatic carbocycles. The number of anilines is 1. The number of fused-ring (bicyclic) bond motifs is 1. The van der Waals surface area contributed by atoms with Gasteiger partial charge < -0.3 is 5.32 Å². The number of nitrogens with one attached hydrogen (secondary N) is 1. The average molecular weight is 387 g/mol. The number of thiazole rings is 1. The average Bonchev–Trinajstić information content (AvgIpc) is 3.46. The molecule has 0 spiro atoms. The SMILES string of the molecule is O=C(Nc1ccc(-c2cn3ccsc3n2)cc1)c1ccc(-n2ccnc2)nn1. The Morgan fingerprint density at radius 3 is 2.64 bits per heavy atom. The van der Waals surface area contributed by atoms with E-state index in [1.165, 1.54) is 0 Å². The lowest BCUT2D eigenvalue weighted by Gasteiger charge is -2.06. The number of carbonyl (C=O) groups is 1. The van der Waals surface area contributed by atoms with E-state index < -0.39 is 0 Å². The van der Waals surface area contributed by atoms with Crippen LogP contribution in [0.15, 0.2) is 72.9 Å². The zero-order valence-electron chi connectivity index (χ0n) is 14.4. The first kappa shape index (κ1) is 16.3. The van der Waals surface area contributed by atoms with Gasteiger partial charge in [0.1, 0.15) is 6.33 Å². The molecule has 9 heteroatoms. The summed E-state index contributed by atoms with van der Waals surface area (Å²) in [6, 6.07) is 10.9. The predicted octanol–water partition coefficient (Wildman–Crippen LogP) is 3.29. The largest absolute Gasteiger partial charge is 0.321 e. The van der Waals surface area contributed by atoms with Crippen LogP contribution in [0.4, 0.5) is 5.69 Å². The van der Waals surface area contributed by atoms with E-state index in [0.717, 1.165) is 16.2 Å². The Morgan fingerprint density at radius 2 is 1.93 bits per heavy atom. The summed E-state index contributed by atoms with van der Waals surface area (Å²) >= 11 is 1.59. The molecular formula is C19H13N7OS. The first-order valence-corrected chi connectivity index (χ1v) is 9.30. The standard InChI is InChI=1S/C19H13N7OS/c27-18(15-5-6-17(24-23-15)26-8-7-20-12-26)21-14-3-1-13(2-4-14)16-11-25-9-10-28-19(25)22-16/h1-12H,(H,21,27). The van der Waals surface area contributed by atoms with E-state index in [4.69, 9.17) is 0 Å². The minimum absolute atomic E-state index is 0.238. The molecule has 1 amide bonds. The van der Waals surface area contributed by atoms with Crippen LogP contribution in [0, 0.1) is 0 Å². The fourth-order valence-corrected chi connectivity index (χ4v) is 3.46. The number of hydrogen-bond donors (Lipinski definition) is 1. The number of amides is 1. The van der Waals surface area contributed by atoms with Crippen molar-refractivity contribution in [1.29, 1.82) is 0 Å². The van der Waals surface area contributed by atoms with E-state index in [-0.39, 0.29) is 11.6 Å². The fraction of sp³-hybridized carbons (Fsp3) is 0. The molecule has 0 aliphatic rings. The van der Waals surface area contributed by atoms with E-state index in [1.54, 1.807) is 46.8 Å². The molecule has 0 saturated heterocycles. The van der Waals surface area contributed by atoms with Gasteiger partial charge in [0.05, 0.1) is 5.69 Å². The maximum atomic E-state index is 12.4. The second-order valence-electron chi connectivity index (χ2n) is 6.00. The third-order valence-electron chi connectivity index (χ3n) is 4.18. The Labute approximate surface area is 163 Å². The van der Waals surface area contributed by atoms with Gasteiger partial charge in [-0.3, -0.25) is 13.8 Å². The highest BCUT2D eigenvalue weighted by Gasteiger charge is 2.10. The van der Waals surface area contributed by atoms with Gasteiger partial charge >= 0.3 is 0 Å². The highest BCUT2D eigenvalue weighted by Crippen LogP contribution is 2.23. The van der Waals surface area contributed by atoms with Crippen molar-refractivity contribution in [3.63, 3.8) is 0 Å². The van der Waals surface area contributed by atoms with Gasteiger partial charge in [0.15, 0.2) is 16.5 Å². The summed E-state index contributed by atoms with van der Waals surface area (Å²) in [5, 5.41) is 12.9. The summed E-state index contributed by atoms with van der Waals surface area (Å²) in [5.41, 5.74) is 2.79. The highest BCUT2D eigenvalue weighted by atomic mass is 32.1. The Bertz CT molecular complexity index is 1210. The fourth-order valence-electron chi connectivity index (χ4n) is 2.76. The molecular weight excluding hydrogens is 374 g/mol. The van der Waals surface area contributed by atoms with Gasteiger partial charge in [-0.05, 0) is 24.3 Å². The minimum atomic E-state index is -0.320. The third-order valence-corrected chi connectivity index (χ3v) is 4.95. The molecule has 0 fully saturated rings. The number of rotatable bonds is 4. The molecule has 0 bridgehead atoms. The number of aromatic nitrogens is 6. The van der Waals surface area contributed by atoms with Crippen molar-refractivity contribution < 1.29 is 4.79 Å². The Kier molecular flexibility index (Phi) is 3.91. The minimum Gasteiger partial charge on any atom is -0.321 e. The lowest BCUT2D eigenvalue weighted by atomic mass is 10.1. The topological polar surface area (TPSA) is 90.0 Å². The van der Waals surface area contributed by atoms with Crippen molar-refractivity contribution in [2.75, 3.05) is 5.32 Å². The Morgan fingerprint density at radius 1 is 1.04 bits per heavy atom. The van der Waals surface area contributed by atoms with Gasteiger partial charge in [0, 0.05) is 41.4 Å². The van der Waals surface area contributed by atoms with Crippen molar-refractivity contribution >= 4 is 27.9 Å². The molecule has 0 unspecified atom stereocenters. The van der Waals surface area contributed by atoms with E-state index in [0.29, 0.717) is 11.5 Å². The second-order valence-corrected chi connectivity index (χ2v) is 6.87. The number of hydrogen-bond acceptors (Lipinski definition) is 6. The van der Waals surface area contributed by atoms with Crippen molar-refractivity contribution in [2.24, 2.45) is 0 Å². The molecule has 1 aromatic carbocycles. The summed E-state index contributed by atoms with van der Waals surface area (Å²) in [6.07, 6.45) is 8.99. The second kappa shape index (κ2) is 6.71. The van der Waals surface area contributed by atoms with Gasteiger partial charge in [0.2, 0.25) is 0 Å². The Balaban J connectivity index is 1.30. The Hall–Kier alpha value is -3.85. The normalized spacial score (nSPS) is 11.0. The molecule has 4 heterocycles. The highest BCUT2D eigenvalue weighted by molar-refractivity contribution is 7.15. The van der Waals surface area contributed by atoms with Crippen LogP contribution in [0.5, 0.6) is 0 Å². The van der Waals surface area contributed by atoms with Crippen LogP contribution >= 0.6 is 11.3 Å². The zero-order valence-corrected chi connectivity index (χ0v) is 15.2. The number of nitrogens with zero attached hydrogens (tertiary/aromatic N) is 6. The lowest BCUT2D eigenvalue weighted by molar-refractivity contribution is 0.102. The van der Waals surface area contributed by atoms with Crippen LogP contribution in [0.25, 0.3) is 22.0 Å². The smallest absolute Gasteiger partial charge is 0.276 e. The maximum Gasteiger partial charge on any atom is 0.276 e. The summed E-state index contributed by atoms with van der Waals surface area (Å²) in [5.74, 6) is 0.276. The molecule has 0 saturated carbocycles. The first-order valence-electron chi connectivity index (χ1n) is 8.42. The van der Waals surface area contributed by atoms with Crippen LogP contribution in [0.1, 0.15) is 10.5 Å². The van der Waals surface area contributed by atoms with Gasteiger partial charge in [-0.15, -0.1) is 21.5 Å². The van der Waals surface area contributed by atoms with Gasteiger partial charge in [0.25, 0.3) is 5.91 Å². The third kappa shape index (κ3) is 3.03. The van der Waals surface area contributed by atoms with Crippen LogP contribution in [0.3, 0.4) is 0 Å². The van der Waals surface area contributed by atoms with Crippen LogP contribution < -0.4 is 5.32 Å². The quantitative estimate of drug-likeness (QED) is 0.511. The molecule has 4 aromatic heterocycles. The molecule has 5 rings (SSSR count). The summed E-state index contributed by atoms with van der Waals surface area (Å²) in [7, 11) is 0.